The van der Waals surface area contributed by atoms with Crippen LogP contribution in [-0.2, 0) is 17.6 Å². The minimum Gasteiger partial charge on any atom is -0.508 e. The van der Waals surface area contributed by atoms with Crippen LogP contribution in [0.4, 0.5) is 5.69 Å². The molecule has 3 nitrogen and oxygen atoms in total. The molecular formula is C15H23NO2. The Morgan fingerprint density at radius 3 is 2.33 bits per heavy atom. The first-order valence-corrected chi connectivity index (χ1v) is 6.86. The number of benzene rings is 1. The Morgan fingerprint density at radius 2 is 1.78 bits per heavy atom. The molecule has 0 aliphatic carbocycles. The van der Waals surface area contributed by atoms with E-state index in [9.17, 15) is 5.11 Å². The molecular weight excluding hydrogens is 226 g/mol. The maximum absolute atomic E-state index is 10.2. The van der Waals surface area contributed by atoms with Crippen LogP contribution in [0, 0.1) is 6.92 Å². The summed E-state index contributed by atoms with van der Waals surface area (Å²) in [7, 11) is 0. The molecule has 1 fully saturated rings. The van der Waals surface area contributed by atoms with Gasteiger partial charge in [-0.25, -0.2) is 0 Å². The summed E-state index contributed by atoms with van der Waals surface area (Å²) < 4.78 is 5.42. The Bertz CT molecular complexity index is 395. The summed E-state index contributed by atoms with van der Waals surface area (Å²) in [4.78, 5) is 2.37. The maximum Gasteiger partial charge on any atom is 0.121 e. The van der Waals surface area contributed by atoms with Crippen LogP contribution >= 0.6 is 0 Å². The number of rotatable bonds is 3. The molecule has 1 aliphatic rings. The Balaban J connectivity index is 2.52. The topological polar surface area (TPSA) is 32.7 Å². The molecule has 0 spiro atoms. The van der Waals surface area contributed by atoms with E-state index in [4.69, 9.17) is 4.74 Å². The van der Waals surface area contributed by atoms with Crippen molar-refractivity contribution in [3.8, 4) is 5.75 Å². The van der Waals surface area contributed by atoms with Gasteiger partial charge in [0.2, 0.25) is 0 Å². The van der Waals surface area contributed by atoms with Crippen molar-refractivity contribution >= 4 is 5.69 Å². The van der Waals surface area contributed by atoms with Crippen molar-refractivity contribution < 1.29 is 9.84 Å². The summed E-state index contributed by atoms with van der Waals surface area (Å²) in [5, 5.41) is 10.2. The van der Waals surface area contributed by atoms with E-state index in [0.717, 1.165) is 44.7 Å². The number of hydrogen-bond donors (Lipinski definition) is 1. The maximum atomic E-state index is 10.2. The van der Waals surface area contributed by atoms with Crippen LogP contribution in [0.2, 0.25) is 0 Å². The predicted molar refractivity (Wildman–Crippen MR) is 74.6 cm³/mol. The van der Waals surface area contributed by atoms with Gasteiger partial charge in [0.1, 0.15) is 5.75 Å². The highest BCUT2D eigenvalue weighted by molar-refractivity contribution is 5.67. The van der Waals surface area contributed by atoms with Crippen LogP contribution in [0.3, 0.4) is 0 Å². The average Bonchev–Trinajstić information content (AvgIpc) is 2.39. The highest BCUT2D eigenvalue weighted by Gasteiger charge is 2.21. The molecule has 1 aliphatic heterocycles. The molecule has 1 heterocycles. The van der Waals surface area contributed by atoms with Crippen LogP contribution in [-0.4, -0.2) is 31.4 Å². The standard InChI is InChI=1S/C15H23NO2/c1-4-12-11(3)10-14(17)13(5-2)15(12)16-6-8-18-9-7-16/h10,17H,4-9H2,1-3H3. The predicted octanol–water partition coefficient (Wildman–Crippen LogP) is 2.66. The van der Waals surface area contributed by atoms with Crippen LogP contribution in [0.25, 0.3) is 0 Å². The lowest BCUT2D eigenvalue weighted by Crippen LogP contribution is -2.37. The minimum atomic E-state index is 0.439. The molecule has 1 aromatic rings. The lowest BCUT2D eigenvalue weighted by molar-refractivity contribution is 0.122. The van der Waals surface area contributed by atoms with E-state index in [-0.39, 0.29) is 0 Å². The van der Waals surface area contributed by atoms with Gasteiger partial charge in [-0.1, -0.05) is 13.8 Å². The lowest BCUT2D eigenvalue weighted by atomic mass is 9.96. The van der Waals surface area contributed by atoms with Gasteiger partial charge in [-0.3, -0.25) is 0 Å². The lowest BCUT2D eigenvalue weighted by Gasteiger charge is -2.33. The summed E-state index contributed by atoms with van der Waals surface area (Å²) in [6.45, 7) is 9.77. The summed E-state index contributed by atoms with van der Waals surface area (Å²) in [5.74, 6) is 0.439. The average molecular weight is 249 g/mol. The molecule has 3 heteroatoms. The number of anilines is 1. The number of phenols is 1. The number of phenolic OH excluding ortho intramolecular Hbond substituents is 1. The van der Waals surface area contributed by atoms with E-state index in [1.807, 2.05) is 6.07 Å². The van der Waals surface area contributed by atoms with Gasteiger partial charge in [0.25, 0.3) is 0 Å². The van der Waals surface area contributed by atoms with E-state index in [1.54, 1.807) is 0 Å². The summed E-state index contributed by atoms with van der Waals surface area (Å²) in [6, 6.07) is 1.90. The van der Waals surface area contributed by atoms with Crippen LogP contribution < -0.4 is 4.90 Å². The number of hydrogen-bond acceptors (Lipinski definition) is 3. The second kappa shape index (κ2) is 5.61. The van der Waals surface area contributed by atoms with Gasteiger partial charge in [-0.05, 0) is 37.0 Å². The second-order valence-electron chi connectivity index (χ2n) is 4.82. The van der Waals surface area contributed by atoms with Crippen LogP contribution in [0.15, 0.2) is 6.07 Å². The van der Waals surface area contributed by atoms with Crippen LogP contribution in [0.5, 0.6) is 5.75 Å². The van der Waals surface area contributed by atoms with Crippen LogP contribution in [0.1, 0.15) is 30.5 Å². The van der Waals surface area contributed by atoms with Crippen molar-refractivity contribution in [2.24, 2.45) is 0 Å². The number of ether oxygens (including phenoxy) is 1. The van der Waals surface area contributed by atoms with Gasteiger partial charge in [0, 0.05) is 24.3 Å². The highest BCUT2D eigenvalue weighted by atomic mass is 16.5. The van der Waals surface area contributed by atoms with Gasteiger partial charge in [0.05, 0.1) is 13.2 Å². The summed E-state index contributed by atoms with van der Waals surface area (Å²) in [6.07, 6.45) is 1.87. The number of aromatic hydroxyl groups is 1. The molecule has 1 N–H and O–H groups in total. The SMILES string of the molecule is CCc1c(C)cc(O)c(CC)c1N1CCOCC1. The smallest absolute Gasteiger partial charge is 0.121 e. The first-order valence-electron chi connectivity index (χ1n) is 6.86. The third kappa shape index (κ3) is 2.32. The Labute approximate surface area is 109 Å². The zero-order valence-corrected chi connectivity index (χ0v) is 11.6. The highest BCUT2D eigenvalue weighted by Crippen LogP contribution is 2.36. The molecule has 0 aromatic heterocycles. The molecule has 0 amide bonds. The van der Waals surface area contributed by atoms with Crippen molar-refractivity contribution in [1.29, 1.82) is 0 Å². The molecule has 0 unspecified atom stereocenters. The Morgan fingerprint density at radius 1 is 1.17 bits per heavy atom. The second-order valence-corrected chi connectivity index (χ2v) is 4.82. The van der Waals surface area contributed by atoms with Gasteiger partial charge in [-0.2, -0.15) is 0 Å². The van der Waals surface area contributed by atoms with Crippen molar-refractivity contribution in [1.82, 2.24) is 0 Å². The van der Waals surface area contributed by atoms with Gasteiger partial charge in [-0.15, -0.1) is 0 Å². The molecule has 0 radical (unpaired) electrons. The molecule has 1 saturated heterocycles. The van der Waals surface area contributed by atoms with Gasteiger partial charge in [0.15, 0.2) is 0 Å². The van der Waals surface area contributed by atoms with E-state index in [2.05, 4.69) is 25.7 Å². The van der Waals surface area contributed by atoms with Crippen molar-refractivity contribution in [3.05, 3.63) is 22.8 Å². The fourth-order valence-electron chi connectivity index (χ4n) is 2.83. The molecule has 0 atom stereocenters. The van der Waals surface area contributed by atoms with E-state index < -0.39 is 0 Å². The first kappa shape index (κ1) is 13.2. The number of nitrogens with zero attached hydrogens (tertiary/aromatic N) is 1. The molecule has 100 valence electrons. The zero-order valence-electron chi connectivity index (χ0n) is 11.6. The number of morpholine rings is 1. The summed E-state index contributed by atoms with van der Waals surface area (Å²) >= 11 is 0. The largest absolute Gasteiger partial charge is 0.508 e. The van der Waals surface area contributed by atoms with E-state index in [1.165, 1.54) is 16.8 Å². The minimum absolute atomic E-state index is 0.439. The quantitative estimate of drug-likeness (QED) is 0.894. The van der Waals surface area contributed by atoms with Crippen molar-refractivity contribution in [2.45, 2.75) is 33.6 Å². The first-order chi connectivity index (χ1) is 8.69. The monoisotopic (exact) mass is 249 g/mol. The fraction of sp³-hybridized carbons (Fsp3) is 0.600. The van der Waals surface area contributed by atoms with Crippen molar-refractivity contribution in [3.63, 3.8) is 0 Å². The molecule has 1 aromatic carbocycles. The zero-order chi connectivity index (χ0) is 13.1. The number of aryl methyl sites for hydroxylation is 1. The van der Waals surface area contributed by atoms with E-state index >= 15 is 0 Å². The Kier molecular flexibility index (Phi) is 4.12. The van der Waals surface area contributed by atoms with Crippen molar-refractivity contribution in [2.75, 3.05) is 31.2 Å². The van der Waals surface area contributed by atoms with Gasteiger partial charge < -0.3 is 14.7 Å². The molecule has 0 saturated carbocycles. The van der Waals surface area contributed by atoms with Gasteiger partial charge >= 0.3 is 0 Å². The Hall–Kier alpha value is -1.22. The fourth-order valence-corrected chi connectivity index (χ4v) is 2.83. The van der Waals surface area contributed by atoms with E-state index in [0.29, 0.717) is 5.75 Å². The molecule has 2 rings (SSSR count). The third-order valence-electron chi connectivity index (χ3n) is 3.74. The molecule has 18 heavy (non-hydrogen) atoms. The summed E-state index contributed by atoms with van der Waals surface area (Å²) in [5.41, 5.74) is 4.89. The normalized spacial score (nSPS) is 16.1. The third-order valence-corrected chi connectivity index (χ3v) is 3.74. The molecule has 0 bridgehead atoms.